The molecule has 0 atom stereocenters. The summed E-state index contributed by atoms with van der Waals surface area (Å²) in [6.07, 6.45) is 3.07. The molecule has 0 saturated carbocycles. The third-order valence-corrected chi connectivity index (χ3v) is 6.03. The summed E-state index contributed by atoms with van der Waals surface area (Å²) in [6.45, 7) is 0.210. The highest BCUT2D eigenvalue weighted by molar-refractivity contribution is 7.89. The maximum atomic E-state index is 13.0. The Labute approximate surface area is 190 Å². The zero-order chi connectivity index (χ0) is 23.3. The lowest BCUT2D eigenvalue weighted by Gasteiger charge is -2.12. The molecule has 4 rings (SSSR count). The fourth-order valence-electron chi connectivity index (χ4n) is 3.18. The number of halogens is 1. The summed E-state index contributed by atoms with van der Waals surface area (Å²) in [4.78, 5) is 6.41. The molecule has 7 nitrogen and oxygen atoms in total. The number of pyridine rings is 1. The quantitative estimate of drug-likeness (QED) is 0.310. The number of hydrazone groups is 1. The van der Waals surface area contributed by atoms with E-state index in [1.54, 1.807) is 31.5 Å². The molecule has 0 aliphatic heterocycles. The van der Waals surface area contributed by atoms with Gasteiger partial charge in [0.05, 0.1) is 18.2 Å². The summed E-state index contributed by atoms with van der Waals surface area (Å²) in [5, 5.41) is 4.79. The molecule has 168 valence electrons. The average molecular weight is 466 g/mol. The van der Waals surface area contributed by atoms with Crippen LogP contribution in [0.5, 0.6) is 11.5 Å². The molecule has 0 fully saturated rings. The lowest BCUT2D eigenvalue weighted by atomic mass is 10.1. The van der Waals surface area contributed by atoms with Gasteiger partial charge in [0.15, 0.2) is 0 Å². The van der Waals surface area contributed by atoms with Gasteiger partial charge in [0.2, 0.25) is 0 Å². The highest BCUT2D eigenvalue weighted by Gasteiger charge is 2.12. The molecule has 0 radical (unpaired) electrons. The van der Waals surface area contributed by atoms with Crippen LogP contribution in [0.4, 0.5) is 4.39 Å². The lowest BCUT2D eigenvalue weighted by Crippen LogP contribution is -2.18. The number of methoxy groups -OCH3 is 1. The van der Waals surface area contributed by atoms with E-state index in [9.17, 15) is 12.8 Å². The maximum Gasteiger partial charge on any atom is 0.276 e. The summed E-state index contributed by atoms with van der Waals surface area (Å²) >= 11 is 0. The van der Waals surface area contributed by atoms with Gasteiger partial charge in [-0.05, 0) is 60.2 Å². The highest BCUT2D eigenvalue weighted by atomic mass is 32.2. The van der Waals surface area contributed by atoms with Crippen LogP contribution in [0.25, 0.3) is 10.9 Å². The van der Waals surface area contributed by atoms with E-state index < -0.39 is 15.8 Å². The number of aromatic nitrogens is 1. The number of benzene rings is 3. The molecule has 0 saturated heterocycles. The van der Waals surface area contributed by atoms with Gasteiger partial charge in [-0.1, -0.05) is 18.2 Å². The standard InChI is InChI=1S/C24H20FN3O4S/c1-31-22-12-7-17(15-27-28-33(29,30)21-10-8-20(25)9-11-21)14-19(22)16-32-23-6-2-4-18-5-3-13-26-24(18)23/h2-15,28H,16H2,1H3. The number of rotatable bonds is 8. The smallest absolute Gasteiger partial charge is 0.276 e. The first-order valence-corrected chi connectivity index (χ1v) is 11.4. The SMILES string of the molecule is COc1ccc(C=NNS(=O)(=O)c2ccc(F)cc2)cc1COc1cccc2cccnc12. The zero-order valence-electron chi connectivity index (χ0n) is 17.6. The Morgan fingerprint density at radius 1 is 1.03 bits per heavy atom. The van der Waals surface area contributed by atoms with Gasteiger partial charge in [0, 0.05) is 17.1 Å². The fourth-order valence-corrected chi connectivity index (χ4v) is 3.97. The van der Waals surface area contributed by atoms with Crippen molar-refractivity contribution in [1.29, 1.82) is 0 Å². The molecule has 3 aromatic carbocycles. The predicted octanol–water partition coefficient (Wildman–Crippen LogP) is 4.27. The second kappa shape index (κ2) is 9.66. The summed E-state index contributed by atoms with van der Waals surface area (Å²) in [5.41, 5.74) is 2.13. The molecule has 0 bridgehead atoms. The van der Waals surface area contributed by atoms with Crippen LogP contribution in [0.1, 0.15) is 11.1 Å². The fraction of sp³-hybridized carbons (Fsp3) is 0.0833. The first kappa shape index (κ1) is 22.2. The third-order valence-electron chi connectivity index (χ3n) is 4.79. The van der Waals surface area contributed by atoms with E-state index in [0.29, 0.717) is 17.1 Å². The minimum Gasteiger partial charge on any atom is -0.496 e. The van der Waals surface area contributed by atoms with Crippen LogP contribution in [0.3, 0.4) is 0 Å². The van der Waals surface area contributed by atoms with Crippen LogP contribution in [-0.4, -0.2) is 26.7 Å². The molecule has 1 aromatic heterocycles. The van der Waals surface area contributed by atoms with Crippen molar-refractivity contribution in [2.24, 2.45) is 5.10 Å². The van der Waals surface area contributed by atoms with Gasteiger partial charge in [-0.25, -0.2) is 9.22 Å². The van der Waals surface area contributed by atoms with Crippen molar-refractivity contribution in [3.8, 4) is 11.5 Å². The Kier molecular flexibility index (Phi) is 6.50. The third kappa shape index (κ3) is 5.27. The minimum atomic E-state index is -3.91. The van der Waals surface area contributed by atoms with Crippen molar-refractivity contribution < 1.29 is 22.3 Å². The molecule has 1 N–H and O–H groups in total. The van der Waals surface area contributed by atoms with E-state index in [1.807, 2.05) is 30.3 Å². The van der Waals surface area contributed by atoms with Gasteiger partial charge in [-0.15, -0.1) is 0 Å². The summed E-state index contributed by atoms with van der Waals surface area (Å²) in [5.74, 6) is 0.734. The second-order valence-corrected chi connectivity index (χ2v) is 8.66. The topological polar surface area (TPSA) is 89.9 Å². The van der Waals surface area contributed by atoms with Gasteiger partial charge in [-0.3, -0.25) is 4.98 Å². The van der Waals surface area contributed by atoms with Crippen LogP contribution in [0, 0.1) is 5.82 Å². The van der Waals surface area contributed by atoms with Gasteiger partial charge < -0.3 is 9.47 Å². The van der Waals surface area contributed by atoms with Crippen molar-refractivity contribution in [2.75, 3.05) is 7.11 Å². The van der Waals surface area contributed by atoms with Crippen molar-refractivity contribution >= 4 is 27.1 Å². The molecule has 0 aliphatic rings. The largest absolute Gasteiger partial charge is 0.496 e. The van der Waals surface area contributed by atoms with Gasteiger partial charge in [0.25, 0.3) is 10.0 Å². The number of hydrogen-bond donors (Lipinski definition) is 1. The normalized spacial score (nSPS) is 11.6. The molecule has 0 unspecified atom stereocenters. The number of fused-ring (bicyclic) bond motifs is 1. The molecule has 0 aliphatic carbocycles. The Morgan fingerprint density at radius 2 is 1.82 bits per heavy atom. The second-order valence-electron chi connectivity index (χ2n) is 7.00. The maximum absolute atomic E-state index is 13.0. The van der Waals surface area contributed by atoms with E-state index in [-0.39, 0.29) is 11.5 Å². The minimum absolute atomic E-state index is 0.0893. The van der Waals surface area contributed by atoms with Crippen LogP contribution in [0.15, 0.2) is 89.0 Å². The number of nitrogens with one attached hydrogen (secondary N) is 1. The van der Waals surface area contributed by atoms with Crippen LogP contribution >= 0.6 is 0 Å². The van der Waals surface area contributed by atoms with E-state index in [1.165, 1.54) is 6.21 Å². The highest BCUT2D eigenvalue weighted by Crippen LogP contribution is 2.26. The van der Waals surface area contributed by atoms with Crippen molar-refractivity contribution in [1.82, 2.24) is 9.82 Å². The van der Waals surface area contributed by atoms with Crippen molar-refractivity contribution in [3.05, 3.63) is 95.9 Å². The molecule has 0 spiro atoms. The van der Waals surface area contributed by atoms with E-state index in [4.69, 9.17) is 9.47 Å². The average Bonchev–Trinajstić information content (AvgIpc) is 2.83. The molecule has 4 aromatic rings. The summed E-state index contributed by atoms with van der Waals surface area (Å²) in [7, 11) is -2.35. The number of nitrogens with zero attached hydrogens (tertiary/aromatic N) is 2. The van der Waals surface area contributed by atoms with E-state index in [2.05, 4.69) is 14.9 Å². The first-order chi connectivity index (χ1) is 16.0. The zero-order valence-corrected chi connectivity index (χ0v) is 18.4. The molecule has 0 amide bonds. The van der Waals surface area contributed by atoms with E-state index in [0.717, 1.165) is 40.7 Å². The predicted molar refractivity (Wildman–Crippen MR) is 123 cm³/mol. The van der Waals surface area contributed by atoms with Crippen LogP contribution < -0.4 is 14.3 Å². The van der Waals surface area contributed by atoms with Crippen molar-refractivity contribution in [2.45, 2.75) is 11.5 Å². The summed E-state index contributed by atoms with van der Waals surface area (Å²) in [6, 6.07) is 19.3. The molecular formula is C24H20FN3O4S. The monoisotopic (exact) mass is 465 g/mol. The molecular weight excluding hydrogens is 445 g/mol. The Hall–Kier alpha value is -3.98. The van der Waals surface area contributed by atoms with Crippen molar-refractivity contribution in [3.63, 3.8) is 0 Å². The Balaban J connectivity index is 1.50. The van der Waals surface area contributed by atoms with Crippen LogP contribution in [0.2, 0.25) is 0 Å². The van der Waals surface area contributed by atoms with E-state index >= 15 is 0 Å². The number of hydrogen-bond acceptors (Lipinski definition) is 6. The lowest BCUT2D eigenvalue weighted by molar-refractivity contribution is 0.299. The van der Waals surface area contributed by atoms with Gasteiger partial charge >= 0.3 is 0 Å². The Morgan fingerprint density at radius 3 is 2.61 bits per heavy atom. The van der Waals surface area contributed by atoms with Gasteiger partial charge in [0.1, 0.15) is 29.4 Å². The summed E-state index contributed by atoms with van der Waals surface area (Å²) < 4.78 is 49.0. The first-order valence-electron chi connectivity index (χ1n) is 9.90. The molecule has 9 heteroatoms. The van der Waals surface area contributed by atoms with Crippen LogP contribution in [-0.2, 0) is 16.6 Å². The Bertz CT molecular complexity index is 1400. The number of sulfonamides is 1. The number of para-hydroxylation sites is 1. The molecule has 1 heterocycles. The van der Waals surface area contributed by atoms with Gasteiger partial charge in [-0.2, -0.15) is 13.5 Å². The number of ether oxygens (including phenoxy) is 2. The molecule has 33 heavy (non-hydrogen) atoms.